The quantitative estimate of drug-likeness (QED) is 0.108. The fourth-order valence-electron chi connectivity index (χ4n) is 9.91. The number of aromatic carboxylic acids is 1. The van der Waals surface area contributed by atoms with Crippen molar-refractivity contribution in [1.29, 1.82) is 0 Å². The third-order valence-electron chi connectivity index (χ3n) is 12.4. The first-order valence-electron chi connectivity index (χ1n) is 19.1. The number of hydrogen-bond acceptors (Lipinski definition) is 8. The van der Waals surface area contributed by atoms with E-state index in [9.17, 15) is 29.7 Å². The van der Waals surface area contributed by atoms with Crippen LogP contribution in [0.4, 0.5) is 5.69 Å². The highest BCUT2D eigenvalue weighted by Gasteiger charge is 2.66. The van der Waals surface area contributed by atoms with Crippen molar-refractivity contribution in [3.8, 4) is 17.2 Å². The van der Waals surface area contributed by atoms with Crippen LogP contribution in [-0.4, -0.2) is 44.7 Å². The SMILES string of the molecule is O=C(O)c1ccc(N2C(=O)C3CC=C4C(CC5C(=O)C(c6ccccc6)=CC(=O)C5(c5ccccc5)C4c4ccc(OCc5ccccc5)cc4O)C3C2=O)cc1O. The minimum absolute atomic E-state index is 0.0291. The van der Waals surface area contributed by atoms with Crippen LogP contribution in [0.1, 0.15) is 51.4 Å². The van der Waals surface area contributed by atoms with Gasteiger partial charge in [0.05, 0.1) is 22.9 Å². The van der Waals surface area contributed by atoms with E-state index >= 15 is 9.59 Å². The number of carbonyl (C=O) groups excluding carboxylic acids is 4. The molecule has 3 aliphatic carbocycles. The van der Waals surface area contributed by atoms with E-state index in [1.165, 1.54) is 18.2 Å². The summed E-state index contributed by atoms with van der Waals surface area (Å²) in [6, 6.07) is 36.1. The highest BCUT2D eigenvalue weighted by molar-refractivity contribution is 6.32. The van der Waals surface area contributed by atoms with E-state index in [0.29, 0.717) is 28.0 Å². The molecule has 4 aliphatic rings. The van der Waals surface area contributed by atoms with E-state index in [1.54, 1.807) is 36.4 Å². The van der Waals surface area contributed by atoms with Gasteiger partial charge in [0.1, 0.15) is 29.4 Å². The highest BCUT2D eigenvalue weighted by atomic mass is 16.5. The second-order valence-electron chi connectivity index (χ2n) is 15.3. The Balaban J connectivity index is 1.21. The summed E-state index contributed by atoms with van der Waals surface area (Å²) in [5.41, 5.74) is 1.49. The van der Waals surface area contributed by atoms with Gasteiger partial charge >= 0.3 is 5.97 Å². The predicted octanol–water partition coefficient (Wildman–Crippen LogP) is 7.40. The number of nitrogens with zero attached hydrogens (tertiary/aromatic N) is 1. The Morgan fingerprint density at radius 1 is 0.759 bits per heavy atom. The predicted molar refractivity (Wildman–Crippen MR) is 213 cm³/mol. The Morgan fingerprint density at radius 3 is 2.12 bits per heavy atom. The van der Waals surface area contributed by atoms with E-state index in [4.69, 9.17) is 4.74 Å². The van der Waals surface area contributed by atoms with Gasteiger partial charge in [-0.1, -0.05) is 109 Å². The number of amides is 2. The van der Waals surface area contributed by atoms with Crippen molar-refractivity contribution in [2.45, 2.75) is 30.8 Å². The first-order chi connectivity index (χ1) is 28.1. The number of Topliss-reactive ketones (excluding diaryl/α,β-unsaturated/α-hetero) is 1. The maximum absolute atomic E-state index is 15.3. The van der Waals surface area contributed by atoms with E-state index in [-0.39, 0.29) is 53.6 Å². The Morgan fingerprint density at radius 2 is 1.45 bits per heavy atom. The number of phenolic OH excluding ortho intramolecular Hbond substituents is 1. The lowest BCUT2D eigenvalue weighted by Crippen LogP contribution is -2.58. The zero-order valence-electron chi connectivity index (χ0n) is 31.0. The molecule has 5 aromatic carbocycles. The molecule has 2 amide bonds. The molecule has 9 rings (SSSR count). The van der Waals surface area contributed by atoms with E-state index in [0.717, 1.165) is 22.6 Å². The number of fused-ring (bicyclic) bond motifs is 4. The molecule has 58 heavy (non-hydrogen) atoms. The molecule has 1 heterocycles. The number of phenols is 2. The van der Waals surface area contributed by atoms with Gasteiger partial charge in [0, 0.05) is 35.1 Å². The van der Waals surface area contributed by atoms with Gasteiger partial charge in [0.2, 0.25) is 11.8 Å². The van der Waals surface area contributed by atoms with E-state index < -0.39 is 58.5 Å². The van der Waals surface area contributed by atoms with Crippen molar-refractivity contribution in [3.05, 3.63) is 173 Å². The van der Waals surface area contributed by atoms with Crippen molar-refractivity contribution in [3.63, 3.8) is 0 Å². The molecule has 6 unspecified atom stereocenters. The minimum atomic E-state index is -1.54. The van der Waals surface area contributed by atoms with Crippen LogP contribution in [0, 0.1) is 23.7 Å². The molecule has 1 saturated heterocycles. The number of hydrogen-bond donors (Lipinski definition) is 3. The Kier molecular flexibility index (Phi) is 8.92. The summed E-state index contributed by atoms with van der Waals surface area (Å²) < 4.78 is 6.06. The summed E-state index contributed by atoms with van der Waals surface area (Å²) in [6.07, 6.45) is 3.51. The highest BCUT2D eigenvalue weighted by Crippen LogP contribution is 2.64. The largest absolute Gasteiger partial charge is 0.508 e. The molecule has 0 bridgehead atoms. The number of carboxylic acids is 1. The van der Waals surface area contributed by atoms with Crippen molar-refractivity contribution in [2.75, 3.05) is 4.90 Å². The second kappa shape index (κ2) is 14.1. The number of ether oxygens (including phenoxy) is 1. The molecule has 10 nitrogen and oxygen atoms in total. The third kappa shape index (κ3) is 5.66. The van der Waals surface area contributed by atoms with Crippen molar-refractivity contribution in [2.24, 2.45) is 23.7 Å². The molecular formula is C48H37NO9. The average Bonchev–Trinajstić information content (AvgIpc) is 3.50. The normalized spacial score (nSPS) is 25.0. The summed E-state index contributed by atoms with van der Waals surface area (Å²) in [4.78, 5) is 72.0. The maximum Gasteiger partial charge on any atom is 0.339 e. The van der Waals surface area contributed by atoms with Crippen molar-refractivity contribution < 1.29 is 44.0 Å². The standard InChI is InChI=1S/C48H37NO9/c50-39-22-30(16-18-34(39)47(56)57)49-45(54)35-21-20-32-37(42(35)46(49)55)24-38-44(53)36(28-12-6-2-7-13-28)25-41(52)48(38,29-14-8-3-9-15-29)43(32)33-19-17-31(23-40(33)51)58-26-27-10-4-1-5-11-27/h1-20,22-23,25,35,37-38,42-43,50-51H,21,24,26H2,(H,56,57). The van der Waals surface area contributed by atoms with Gasteiger partial charge in [0.15, 0.2) is 11.6 Å². The molecule has 10 heteroatoms. The molecule has 1 aliphatic heterocycles. The van der Waals surface area contributed by atoms with Gasteiger partial charge in [-0.25, -0.2) is 9.69 Å². The fraction of sp³-hybridized carbons (Fsp3) is 0.188. The Hall–Kier alpha value is -7.07. The number of benzene rings is 5. The summed E-state index contributed by atoms with van der Waals surface area (Å²) >= 11 is 0. The van der Waals surface area contributed by atoms with Crippen LogP contribution in [0.25, 0.3) is 5.57 Å². The van der Waals surface area contributed by atoms with Gasteiger partial charge in [-0.3, -0.25) is 19.2 Å². The van der Waals surface area contributed by atoms with Gasteiger partial charge in [-0.15, -0.1) is 0 Å². The zero-order valence-corrected chi connectivity index (χ0v) is 31.0. The van der Waals surface area contributed by atoms with Crippen LogP contribution < -0.4 is 9.64 Å². The van der Waals surface area contributed by atoms with Crippen LogP contribution in [-0.2, 0) is 31.2 Å². The number of allylic oxidation sites excluding steroid dienone is 4. The van der Waals surface area contributed by atoms with Crippen molar-refractivity contribution in [1.82, 2.24) is 0 Å². The summed E-state index contributed by atoms with van der Waals surface area (Å²) in [5.74, 6) is -7.84. The number of anilines is 1. The number of carboxylic acid groups (broad SMARTS) is 1. The molecule has 6 atom stereocenters. The number of imide groups is 1. The number of carbonyl (C=O) groups is 5. The number of aromatic hydroxyl groups is 2. The summed E-state index contributed by atoms with van der Waals surface area (Å²) in [6.45, 7) is 0.249. The number of rotatable bonds is 8. The molecule has 0 aromatic heterocycles. The molecule has 0 radical (unpaired) electrons. The number of ketones is 2. The lowest BCUT2D eigenvalue weighted by molar-refractivity contribution is -0.135. The van der Waals surface area contributed by atoms with E-state index in [2.05, 4.69) is 0 Å². The van der Waals surface area contributed by atoms with Crippen LogP contribution >= 0.6 is 0 Å². The van der Waals surface area contributed by atoms with E-state index in [1.807, 2.05) is 72.8 Å². The molecular weight excluding hydrogens is 735 g/mol. The van der Waals surface area contributed by atoms with Crippen LogP contribution in [0.15, 0.2) is 145 Å². The van der Waals surface area contributed by atoms with Crippen LogP contribution in [0.3, 0.4) is 0 Å². The van der Waals surface area contributed by atoms with Gasteiger partial charge in [-0.2, -0.15) is 0 Å². The Labute approximate surface area is 333 Å². The van der Waals surface area contributed by atoms with Gasteiger partial charge < -0.3 is 20.1 Å². The zero-order chi connectivity index (χ0) is 40.3. The molecule has 3 N–H and O–H groups in total. The minimum Gasteiger partial charge on any atom is -0.508 e. The molecule has 2 fully saturated rings. The lowest BCUT2D eigenvalue weighted by atomic mass is 9.44. The van der Waals surface area contributed by atoms with Crippen LogP contribution in [0.5, 0.6) is 17.2 Å². The van der Waals surface area contributed by atoms with Gasteiger partial charge in [0.25, 0.3) is 0 Å². The smallest absolute Gasteiger partial charge is 0.339 e. The fourth-order valence-corrected chi connectivity index (χ4v) is 9.91. The second-order valence-corrected chi connectivity index (χ2v) is 15.3. The lowest BCUT2D eigenvalue weighted by Gasteiger charge is -2.55. The summed E-state index contributed by atoms with van der Waals surface area (Å²) in [7, 11) is 0. The molecule has 5 aromatic rings. The van der Waals surface area contributed by atoms with Crippen molar-refractivity contribution >= 4 is 40.6 Å². The van der Waals surface area contributed by atoms with Crippen LogP contribution in [0.2, 0.25) is 0 Å². The maximum atomic E-state index is 15.3. The monoisotopic (exact) mass is 771 g/mol. The topological polar surface area (TPSA) is 159 Å². The first-order valence-corrected chi connectivity index (χ1v) is 19.1. The third-order valence-corrected chi connectivity index (χ3v) is 12.4. The average molecular weight is 772 g/mol. The Bertz CT molecular complexity index is 2580. The molecule has 0 spiro atoms. The molecule has 288 valence electrons. The summed E-state index contributed by atoms with van der Waals surface area (Å²) in [5, 5.41) is 32.0. The first kappa shape index (κ1) is 36.6. The molecule has 1 saturated carbocycles. The van der Waals surface area contributed by atoms with Gasteiger partial charge in [-0.05, 0) is 59.7 Å².